The number of anilines is 1. The molecule has 0 aromatic heterocycles. The van der Waals surface area contributed by atoms with Gasteiger partial charge in [-0.25, -0.2) is 9.18 Å². The van der Waals surface area contributed by atoms with Gasteiger partial charge in [0.1, 0.15) is 5.82 Å². The summed E-state index contributed by atoms with van der Waals surface area (Å²) in [7, 11) is 0. The summed E-state index contributed by atoms with van der Waals surface area (Å²) in [5.41, 5.74) is 0.449. The molecule has 2 N–H and O–H groups in total. The Morgan fingerprint density at radius 3 is 2.96 bits per heavy atom. The minimum Gasteiger partial charge on any atom is -0.450 e. The molecule has 1 heterocycles. The van der Waals surface area contributed by atoms with Crippen molar-refractivity contribution in [1.82, 2.24) is 10.2 Å². The molecule has 6 nitrogen and oxygen atoms in total. The maximum atomic E-state index is 13.1. The summed E-state index contributed by atoms with van der Waals surface area (Å²) < 4.78 is 18.0. The van der Waals surface area contributed by atoms with Gasteiger partial charge in [0.25, 0.3) is 0 Å². The first kappa shape index (κ1) is 18.5. The van der Waals surface area contributed by atoms with E-state index in [1.165, 1.54) is 18.2 Å². The minimum atomic E-state index is -0.529. The van der Waals surface area contributed by atoms with Gasteiger partial charge in [0.05, 0.1) is 18.2 Å². The average molecular weight is 358 g/mol. The van der Waals surface area contributed by atoms with Crippen molar-refractivity contribution in [2.24, 2.45) is 0 Å². The summed E-state index contributed by atoms with van der Waals surface area (Å²) in [4.78, 5) is 25.5. The number of nitrogens with zero attached hydrogens (tertiary/aromatic N) is 1. The van der Waals surface area contributed by atoms with Gasteiger partial charge < -0.3 is 15.4 Å². The number of halogens is 2. The summed E-state index contributed by atoms with van der Waals surface area (Å²) in [6, 6.07) is 4.00. The van der Waals surface area contributed by atoms with Crippen molar-refractivity contribution in [1.29, 1.82) is 0 Å². The zero-order chi connectivity index (χ0) is 17.5. The Kier molecular flexibility index (Phi) is 6.81. The van der Waals surface area contributed by atoms with Crippen LogP contribution in [-0.2, 0) is 9.53 Å². The molecule has 1 aliphatic rings. The summed E-state index contributed by atoms with van der Waals surface area (Å²) in [5.74, 6) is -0.743. The Labute approximate surface area is 145 Å². The molecule has 2 rings (SSSR count). The molecule has 132 valence electrons. The average Bonchev–Trinajstić information content (AvgIpc) is 2.51. The first-order valence-corrected chi connectivity index (χ1v) is 8.26. The SMILES string of the molecule is CCOC(=O)NC1CCCN(CC(=O)Nc2ccc(F)c(Cl)c2)C1. The second-order valence-corrected chi connectivity index (χ2v) is 6.02. The third-order valence-electron chi connectivity index (χ3n) is 3.67. The summed E-state index contributed by atoms with van der Waals surface area (Å²) in [6.07, 6.45) is 1.30. The van der Waals surface area contributed by atoms with Gasteiger partial charge in [0.2, 0.25) is 5.91 Å². The van der Waals surface area contributed by atoms with E-state index in [1.807, 2.05) is 4.90 Å². The molecule has 8 heteroatoms. The van der Waals surface area contributed by atoms with Crippen LogP contribution in [-0.4, -0.2) is 49.2 Å². The summed E-state index contributed by atoms with van der Waals surface area (Å²) in [6.45, 7) is 3.62. The quantitative estimate of drug-likeness (QED) is 0.849. The first-order valence-electron chi connectivity index (χ1n) is 7.88. The molecule has 0 spiro atoms. The fourth-order valence-electron chi connectivity index (χ4n) is 2.63. The Hall–Kier alpha value is -1.86. The second kappa shape index (κ2) is 8.84. The maximum absolute atomic E-state index is 13.1. The van der Waals surface area contributed by atoms with Gasteiger partial charge in [-0.2, -0.15) is 0 Å². The van der Waals surface area contributed by atoms with Crippen LogP contribution in [0.4, 0.5) is 14.9 Å². The number of carbonyl (C=O) groups excluding carboxylic acids is 2. The Morgan fingerprint density at radius 2 is 2.25 bits per heavy atom. The fraction of sp³-hybridized carbons (Fsp3) is 0.500. The van der Waals surface area contributed by atoms with Crippen LogP contribution >= 0.6 is 11.6 Å². The normalized spacial score (nSPS) is 18.0. The number of carbonyl (C=O) groups is 2. The molecular weight excluding hydrogens is 337 g/mol. The van der Waals surface area contributed by atoms with E-state index in [0.29, 0.717) is 18.8 Å². The van der Waals surface area contributed by atoms with Crippen LogP contribution in [0.1, 0.15) is 19.8 Å². The van der Waals surface area contributed by atoms with Crippen LogP contribution in [0.15, 0.2) is 18.2 Å². The largest absolute Gasteiger partial charge is 0.450 e. The minimum absolute atomic E-state index is 0.0362. The first-order chi connectivity index (χ1) is 11.5. The molecule has 1 aromatic carbocycles. The Morgan fingerprint density at radius 1 is 1.46 bits per heavy atom. The lowest BCUT2D eigenvalue weighted by atomic mass is 10.1. The number of likely N-dealkylation sites (tertiary alicyclic amines) is 1. The lowest BCUT2D eigenvalue weighted by Gasteiger charge is -2.32. The molecule has 1 unspecified atom stereocenters. The highest BCUT2D eigenvalue weighted by atomic mass is 35.5. The Balaban J connectivity index is 1.82. The predicted molar refractivity (Wildman–Crippen MR) is 89.7 cm³/mol. The van der Waals surface area contributed by atoms with Gasteiger partial charge in [-0.1, -0.05) is 11.6 Å². The molecular formula is C16H21ClFN3O3. The van der Waals surface area contributed by atoms with Crippen LogP contribution in [0, 0.1) is 5.82 Å². The molecule has 1 saturated heterocycles. The predicted octanol–water partition coefficient (Wildman–Crippen LogP) is 2.63. The highest BCUT2D eigenvalue weighted by Crippen LogP contribution is 2.19. The van der Waals surface area contributed by atoms with E-state index >= 15 is 0 Å². The smallest absolute Gasteiger partial charge is 0.407 e. The van der Waals surface area contributed by atoms with Gasteiger partial charge in [-0.15, -0.1) is 0 Å². The maximum Gasteiger partial charge on any atom is 0.407 e. The van der Waals surface area contributed by atoms with E-state index in [1.54, 1.807) is 6.92 Å². The number of ether oxygens (including phenoxy) is 1. The molecule has 2 amide bonds. The second-order valence-electron chi connectivity index (χ2n) is 5.62. The lowest BCUT2D eigenvalue weighted by Crippen LogP contribution is -2.49. The van der Waals surface area contributed by atoms with Crippen LogP contribution < -0.4 is 10.6 Å². The summed E-state index contributed by atoms with van der Waals surface area (Å²) in [5, 5.41) is 5.44. The molecule has 0 bridgehead atoms. The zero-order valence-electron chi connectivity index (χ0n) is 13.5. The molecule has 24 heavy (non-hydrogen) atoms. The molecule has 0 saturated carbocycles. The molecule has 0 aliphatic carbocycles. The van der Waals surface area contributed by atoms with Crippen molar-refractivity contribution < 1.29 is 18.7 Å². The van der Waals surface area contributed by atoms with Crippen LogP contribution in [0.3, 0.4) is 0 Å². The van der Waals surface area contributed by atoms with Crippen molar-refractivity contribution in [2.75, 3.05) is 31.6 Å². The van der Waals surface area contributed by atoms with E-state index in [0.717, 1.165) is 19.4 Å². The van der Waals surface area contributed by atoms with Gasteiger partial charge in [0.15, 0.2) is 0 Å². The standard InChI is InChI=1S/C16H21ClFN3O3/c1-2-24-16(23)20-12-4-3-7-21(9-12)10-15(22)19-11-5-6-14(18)13(17)8-11/h5-6,8,12H,2-4,7,9-10H2,1H3,(H,19,22)(H,20,23). The molecule has 1 aromatic rings. The topological polar surface area (TPSA) is 70.7 Å². The van der Waals surface area contributed by atoms with Crippen molar-refractivity contribution in [2.45, 2.75) is 25.8 Å². The number of hydrogen-bond acceptors (Lipinski definition) is 4. The van der Waals surface area contributed by atoms with E-state index in [4.69, 9.17) is 16.3 Å². The Bertz CT molecular complexity index is 600. The molecule has 0 radical (unpaired) electrons. The van der Waals surface area contributed by atoms with E-state index in [-0.39, 0.29) is 23.5 Å². The highest BCUT2D eigenvalue weighted by Gasteiger charge is 2.23. The van der Waals surface area contributed by atoms with Gasteiger partial charge in [0, 0.05) is 18.3 Å². The van der Waals surface area contributed by atoms with E-state index < -0.39 is 11.9 Å². The van der Waals surface area contributed by atoms with Gasteiger partial charge in [-0.3, -0.25) is 9.69 Å². The van der Waals surface area contributed by atoms with Crippen molar-refractivity contribution >= 4 is 29.3 Å². The zero-order valence-corrected chi connectivity index (χ0v) is 14.2. The summed E-state index contributed by atoms with van der Waals surface area (Å²) >= 11 is 5.69. The van der Waals surface area contributed by atoms with Crippen LogP contribution in [0.5, 0.6) is 0 Å². The number of benzene rings is 1. The number of amides is 2. The number of alkyl carbamates (subject to hydrolysis) is 1. The fourth-order valence-corrected chi connectivity index (χ4v) is 2.81. The van der Waals surface area contributed by atoms with E-state index in [2.05, 4.69) is 10.6 Å². The number of nitrogens with one attached hydrogen (secondary N) is 2. The van der Waals surface area contributed by atoms with E-state index in [9.17, 15) is 14.0 Å². The van der Waals surface area contributed by atoms with Gasteiger partial charge in [-0.05, 0) is 44.5 Å². The van der Waals surface area contributed by atoms with Crippen LogP contribution in [0.25, 0.3) is 0 Å². The van der Waals surface area contributed by atoms with Crippen molar-refractivity contribution in [3.05, 3.63) is 29.0 Å². The third-order valence-corrected chi connectivity index (χ3v) is 3.96. The number of hydrogen-bond donors (Lipinski definition) is 2. The van der Waals surface area contributed by atoms with Gasteiger partial charge >= 0.3 is 6.09 Å². The van der Waals surface area contributed by atoms with Crippen molar-refractivity contribution in [3.8, 4) is 0 Å². The van der Waals surface area contributed by atoms with Crippen molar-refractivity contribution in [3.63, 3.8) is 0 Å². The van der Waals surface area contributed by atoms with Crippen LogP contribution in [0.2, 0.25) is 5.02 Å². The lowest BCUT2D eigenvalue weighted by molar-refractivity contribution is -0.117. The number of rotatable bonds is 5. The highest BCUT2D eigenvalue weighted by molar-refractivity contribution is 6.31. The monoisotopic (exact) mass is 357 g/mol. The molecule has 1 fully saturated rings. The molecule has 1 aliphatic heterocycles. The number of piperidine rings is 1. The third kappa shape index (κ3) is 5.65. The molecule has 1 atom stereocenters.